The lowest BCUT2D eigenvalue weighted by atomic mass is 9.77. The van der Waals surface area contributed by atoms with Gasteiger partial charge in [-0.25, -0.2) is 0 Å². The third-order valence-electron chi connectivity index (χ3n) is 4.45. The van der Waals surface area contributed by atoms with E-state index >= 15 is 0 Å². The van der Waals surface area contributed by atoms with Crippen molar-refractivity contribution in [3.05, 3.63) is 0 Å². The molecule has 2 nitrogen and oxygen atoms in total. The van der Waals surface area contributed by atoms with Gasteiger partial charge in [-0.3, -0.25) is 0 Å². The van der Waals surface area contributed by atoms with Crippen LogP contribution < -0.4 is 5.32 Å². The molecule has 0 aromatic carbocycles. The number of ether oxygens (including phenoxy) is 1. The van der Waals surface area contributed by atoms with Crippen LogP contribution in [0.5, 0.6) is 0 Å². The molecule has 2 rings (SSSR count). The molecule has 0 heterocycles. The summed E-state index contributed by atoms with van der Waals surface area (Å²) >= 11 is 0. The van der Waals surface area contributed by atoms with Gasteiger partial charge in [0.2, 0.25) is 0 Å². The molecule has 0 aromatic rings. The van der Waals surface area contributed by atoms with Crippen LogP contribution in [0.1, 0.15) is 57.8 Å². The Kier molecular flexibility index (Phi) is 4.66. The minimum absolute atomic E-state index is 0.264. The second-order valence-electron chi connectivity index (χ2n) is 5.71. The van der Waals surface area contributed by atoms with Gasteiger partial charge >= 0.3 is 0 Å². The van der Waals surface area contributed by atoms with E-state index in [4.69, 9.17) is 4.74 Å². The lowest BCUT2D eigenvalue weighted by Crippen LogP contribution is -2.43. The third-order valence-corrected chi connectivity index (χ3v) is 4.45. The van der Waals surface area contributed by atoms with Crippen molar-refractivity contribution in [3.63, 3.8) is 0 Å². The summed E-state index contributed by atoms with van der Waals surface area (Å²) in [5.41, 5.74) is 0.264. The van der Waals surface area contributed by atoms with E-state index < -0.39 is 0 Å². The van der Waals surface area contributed by atoms with Crippen LogP contribution in [0.2, 0.25) is 0 Å². The Labute approximate surface area is 100 Å². The summed E-state index contributed by atoms with van der Waals surface area (Å²) in [6.45, 7) is 2.13. The van der Waals surface area contributed by atoms with E-state index in [2.05, 4.69) is 5.32 Å². The van der Waals surface area contributed by atoms with Crippen molar-refractivity contribution >= 4 is 0 Å². The van der Waals surface area contributed by atoms with Crippen molar-refractivity contribution in [2.24, 2.45) is 5.92 Å². The SMILES string of the molecule is CNCCC1(OCC2CCCCC2)CCC1. The number of rotatable bonds is 6. The highest BCUT2D eigenvalue weighted by Gasteiger charge is 2.37. The van der Waals surface area contributed by atoms with Gasteiger partial charge in [-0.1, -0.05) is 19.3 Å². The van der Waals surface area contributed by atoms with E-state index in [1.54, 1.807) is 0 Å². The quantitative estimate of drug-likeness (QED) is 0.750. The first-order chi connectivity index (χ1) is 7.85. The molecule has 0 aromatic heterocycles. The summed E-state index contributed by atoms with van der Waals surface area (Å²) in [5, 5.41) is 3.25. The van der Waals surface area contributed by atoms with Crippen molar-refractivity contribution in [3.8, 4) is 0 Å². The fourth-order valence-electron chi connectivity index (χ4n) is 3.04. The maximum absolute atomic E-state index is 6.27. The molecule has 0 bridgehead atoms. The number of hydrogen-bond donors (Lipinski definition) is 1. The highest BCUT2D eigenvalue weighted by molar-refractivity contribution is 4.90. The van der Waals surface area contributed by atoms with Crippen LogP contribution in [-0.2, 0) is 4.74 Å². The zero-order chi connectivity index (χ0) is 11.3. The molecule has 0 radical (unpaired) electrons. The maximum Gasteiger partial charge on any atom is 0.0694 e. The highest BCUT2D eigenvalue weighted by atomic mass is 16.5. The minimum atomic E-state index is 0.264. The molecular weight excluding hydrogens is 198 g/mol. The van der Waals surface area contributed by atoms with Crippen LogP contribution in [0, 0.1) is 5.92 Å². The summed E-state index contributed by atoms with van der Waals surface area (Å²) in [6, 6.07) is 0. The van der Waals surface area contributed by atoms with Gasteiger partial charge in [-0.2, -0.15) is 0 Å². The molecule has 2 heteroatoms. The standard InChI is InChI=1S/C14H27NO/c1-15-11-10-14(8-5-9-14)16-12-13-6-3-2-4-7-13/h13,15H,2-12H2,1H3. The first-order valence-corrected chi connectivity index (χ1v) is 7.13. The Morgan fingerprint density at radius 2 is 1.88 bits per heavy atom. The summed E-state index contributed by atoms with van der Waals surface area (Å²) in [7, 11) is 2.04. The van der Waals surface area contributed by atoms with E-state index in [0.29, 0.717) is 0 Å². The Morgan fingerprint density at radius 3 is 2.44 bits per heavy atom. The van der Waals surface area contributed by atoms with Gasteiger partial charge in [0.05, 0.1) is 12.2 Å². The average molecular weight is 225 g/mol. The first-order valence-electron chi connectivity index (χ1n) is 7.13. The van der Waals surface area contributed by atoms with Crippen molar-refractivity contribution in [2.45, 2.75) is 63.4 Å². The van der Waals surface area contributed by atoms with Gasteiger partial charge in [-0.15, -0.1) is 0 Å². The summed E-state index contributed by atoms with van der Waals surface area (Å²) in [4.78, 5) is 0. The molecule has 0 amide bonds. The third kappa shape index (κ3) is 3.21. The van der Waals surface area contributed by atoms with Crippen LogP contribution >= 0.6 is 0 Å². The van der Waals surface area contributed by atoms with Gasteiger partial charge in [0, 0.05) is 0 Å². The van der Waals surface area contributed by atoms with E-state index in [1.165, 1.54) is 57.8 Å². The van der Waals surface area contributed by atoms with Crippen molar-refractivity contribution < 1.29 is 4.74 Å². The Morgan fingerprint density at radius 1 is 1.12 bits per heavy atom. The van der Waals surface area contributed by atoms with Gasteiger partial charge in [0.15, 0.2) is 0 Å². The second kappa shape index (κ2) is 6.02. The smallest absolute Gasteiger partial charge is 0.0694 e. The molecule has 2 aliphatic carbocycles. The minimum Gasteiger partial charge on any atom is -0.375 e. The molecule has 0 spiro atoms. The summed E-state index contributed by atoms with van der Waals surface area (Å²) in [5.74, 6) is 0.862. The Hall–Kier alpha value is -0.0800. The maximum atomic E-state index is 6.27. The van der Waals surface area contributed by atoms with Crippen LogP contribution in [0.3, 0.4) is 0 Å². The van der Waals surface area contributed by atoms with E-state index in [-0.39, 0.29) is 5.60 Å². The predicted molar refractivity (Wildman–Crippen MR) is 67.7 cm³/mol. The fourth-order valence-corrected chi connectivity index (χ4v) is 3.04. The molecule has 0 unspecified atom stereocenters. The van der Waals surface area contributed by atoms with Gasteiger partial charge < -0.3 is 10.1 Å². The Balaban J connectivity index is 1.69. The van der Waals surface area contributed by atoms with Gasteiger partial charge in [-0.05, 0) is 58.0 Å². The molecule has 94 valence electrons. The summed E-state index contributed by atoms with van der Waals surface area (Å²) in [6.07, 6.45) is 12.3. The van der Waals surface area contributed by atoms with E-state index in [1.807, 2.05) is 7.05 Å². The van der Waals surface area contributed by atoms with Crippen LogP contribution in [0.4, 0.5) is 0 Å². The molecule has 2 saturated carbocycles. The lowest BCUT2D eigenvalue weighted by molar-refractivity contribution is -0.118. The molecule has 0 aliphatic heterocycles. The molecule has 0 atom stereocenters. The fraction of sp³-hybridized carbons (Fsp3) is 1.00. The largest absolute Gasteiger partial charge is 0.375 e. The molecule has 0 saturated heterocycles. The number of nitrogens with one attached hydrogen (secondary N) is 1. The van der Waals surface area contributed by atoms with Crippen LogP contribution in [0.15, 0.2) is 0 Å². The first kappa shape index (κ1) is 12.4. The molecule has 16 heavy (non-hydrogen) atoms. The molecular formula is C14H27NO. The highest BCUT2D eigenvalue weighted by Crippen LogP contribution is 2.39. The van der Waals surface area contributed by atoms with Crippen molar-refractivity contribution in [1.82, 2.24) is 5.32 Å². The second-order valence-corrected chi connectivity index (χ2v) is 5.71. The Bertz CT molecular complexity index is 195. The average Bonchev–Trinajstić information content (AvgIpc) is 2.29. The van der Waals surface area contributed by atoms with Crippen LogP contribution in [-0.4, -0.2) is 25.8 Å². The van der Waals surface area contributed by atoms with Crippen LogP contribution in [0.25, 0.3) is 0 Å². The predicted octanol–water partition coefficient (Wildman–Crippen LogP) is 3.12. The zero-order valence-electron chi connectivity index (χ0n) is 10.8. The molecule has 2 aliphatic rings. The lowest BCUT2D eigenvalue weighted by Gasteiger charge is -2.43. The zero-order valence-corrected chi connectivity index (χ0v) is 10.8. The normalized spacial score (nSPS) is 25.3. The molecule has 1 N–H and O–H groups in total. The van der Waals surface area contributed by atoms with Gasteiger partial charge in [0.1, 0.15) is 0 Å². The summed E-state index contributed by atoms with van der Waals surface area (Å²) < 4.78 is 6.27. The van der Waals surface area contributed by atoms with Crippen molar-refractivity contribution in [2.75, 3.05) is 20.2 Å². The number of hydrogen-bond acceptors (Lipinski definition) is 2. The molecule has 2 fully saturated rings. The topological polar surface area (TPSA) is 21.3 Å². The van der Waals surface area contributed by atoms with Gasteiger partial charge in [0.25, 0.3) is 0 Å². The van der Waals surface area contributed by atoms with E-state index in [0.717, 1.165) is 19.1 Å². The van der Waals surface area contributed by atoms with E-state index in [9.17, 15) is 0 Å². The van der Waals surface area contributed by atoms with Crippen molar-refractivity contribution in [1.29, 1.82) is 0 Å². The monoisotopic (exact) mass is 225 g/mol.